The fraction of sp³-hybridized carbons (Fsp3) is 0.571. The van der Waals surface area contributed by atoms with Gasteiger partial charge in [-0.1, -0.05) is 6.07 Å². The normalized spacial score (nSPS) is 17.2. The smallest absolute Gasteiger partial charge is 0.230 e. The summed E-state index contributed by atoms with van der Waals surface area (Å²) >= 11 is 1.77. The zero-order valence-corrected chi connectivity index (χ0v) is 12.1. The first kappa shape index (κ1) is 14.2. The van der Waals surface area contributed by atoms with E-state index in [1.54, 1.807) is 11.3 Å². The third-order valence-corrected chi connectivity index (χ3v) is 4.16. The van der Waals surface area contributed by atoms with E-state index >= 15 is 0 Å². The van der Waals surface area contributed by atoms with Gasteiger partial charge in [0.25, 0.3) is 0 Å². The number of ketones is 1. The van der Waals surface area contributed by atoms with Crippen molar-refractivity contribution < 1.29 is 9.59 Å². The van der Waals surface area contributed by atoms with Crippen LogP contribution in [0.5, 0.6) is 0 Å². The molecule has 2 rings (SSSR count). The molecule has 4 nitrogen and oxygen atoms in total. The average molecular weight is 280 g/mol. The van der Waals surface area contributed by atoms with Gasteiger partial charge in [-0.3, -0.25) is 14.5 Å². The zero-order valence-electron chi connectivity index (χ0n) is 11.3. The molecule has 0 aromatic carbocycles. The van der Waals surface area contributed by atoms with Gasteiger partial charge in [-0.25, -0.2) is 0 Å². The van der Waals surface area contributed by atoms with Crippen molar-refractivity contribution in [2.24, 2.45) is 0 Å². The van der Waals surface area contributed by atoms with E-state index in [0.29, 0.717) is 0 Å². The summed E-state index contributed by atoms with van der Waals surface area (Å²) in [6.45, 7) is 5.85. The Morgan fingerprint density at radius 1 is 1.26 bits per heavy atom. The second kappa shape index (κ2) is 6.82. The molecule has 0 spiro atoms. The monoisotopic (exact) mass is 280 g/mol. The van der Waals surface area contributed by atoms with Gasteiger partial charge in [-0.2, -0.15) is 0 Å². The molecule has 5 heteroatoms. The number of amides is 1. The second-order valence-corrected chi connectivity index (χ2v) is 6.00. The van der Waals surface area contributed by atoms with Crippen LogP contribution in [0.4, 0.5) is 0 Å². The second-order valence-electron chi connectivity index (χ2n) is 4.97. The minimum Gasteiger partial charge on any atom is -0.341 e. The Morgan fingerprint density at radius 3 is 2.79 bits per heavy atom. The molecule has 1 aliphatic heterocycles. The molecule has 2 heterocycles. The Hall–Kier alpha value is -1.20. The van der Waals surface area contributed by atoms with Crippen LogP contribution in [0.3, 0.4) is 0 Å². The highest BCUT2D eigenvalue weighted by Crippen LogP contribution is 2.14. The van der Waals surface area contributed by atoms with Crippen LogP contribution in [-0.2, 0) is 16.1 Å². The lowest BCUT2D eigenvalue weighted by molar-refractivity contribution is -0.134. The van der Waals surface area contributed by atoms with Crippen molar-refractivity contribution in [2.45, 2.75) is 26.3 Å². The molecule has 0 radical (unpaired) electrons. The van der Waals surface area contributed by atoms with Crippen molar-refractivity contribution in [1.29, 1.82) is 0 Å². The summed E-state index contributed by atoms with van der Waals surface area (Å²) in [5.74, 6) is -0.0739. The van der Waals surface area contributed by atoms with Crippen LogP contribution in [0, 0.1) is 0 Å². The average Bonchev–Trinajstić information content (AvgIpc) is 2.73. The Morgan fingerprint density at radius 2 is 2.11 bits per heavy atom. The maximum absolute atomic E-state index is 11.9. The van der Waals surface area contributed by atoms with E-state index in [1.807, 2.05) is 4.90 Å². The van der Waals surface area contributed by atoms with Crippen LogP contribution < -0.4 is 0 Å². The van der Waals surface area contributed by atoms with Gasteiger partial charge in [-0.15, -0.1) is 11.3 Å². The van der Waals surface area contributed by atoms with Crippen LogP contribution >= 0.6 is 11.3 Å². The van der Waals surface area contributed by atoms with E-state index in [4.69, 9.17) is 0 Å². The topological polar surface area (TPSA) is 40.6 Å². The summed E-state index contributed by atoms with van der Waals surface area (Å²) < 4.78 is 0. The van der Waals surface area contributed by atoms with Crippen LogP contribution in [-0.4, -0.2) is 47.7 Å². The number of thiophene rings is 1. The van der Waals surface area contributed by atoms with Gasteiger partial charge < -0.3 is 4.90 Å². The van der Waals surface area contributed by atoms with E-state index < -0.39 is 0 Å². The largest absolute Gasteiger partial charge is 0.341 e. The molecule has 1 aliphatic rings. The van der Waals surface area contributed by atoms with Gasteiger partial charge >= 0.3 is 0 Å². The summed E-state index contributed by atoms with van der Waals surface area (Å²) in [7, 11) is 0. The van der Waals surface area contributed by atoms with Crippen molar-refractivity contribution in [2.75, 3.05) is 26.2 Å². The molecule has 0 saturated carbocycles. The molecular weight excluding hydrogens is 260 g/mol. The lowest BCUT2D eigenvalue weighted by atomic mass is 10.2. The van der Waals surface area contributed by atoms with Crippen molar-refractivity contribution in [3.05, 3.63) is 22.4 Å². The minimum absolute atomic E-state index is 0.0227. The maximum Gasteiger partial charge on any atom is 0.230 e. The molecule has 1 fully saturated rings. The Bertz CT molecular complexity index is 431. The number of hydrogen-bond acceptors (Lipinski definition) is 4. The van der Waals surface area contributed by atoms with E-state index in [-0.39, 0.29) is 18.1 Å². The van der Waals surface area contributed by atoms with Gasteiger partial charge in [0.15, 0.2) is 0 Å². The molecule has 1 amide bonds. The number of Topliss-reactive ketones (excluding diaryl/α,β-unsaturated/α-hetero) is 1. The summed E-state index contributed by atoms with van der Waals surface area (Å²) in [6, 6.07) is 4.22. The molecule has 104 valence electrons. The highest BCUT2D eigenvalue weighted by molar-refractivity contribution is 7.09. The highest BCUT2D eigenvalue weighted by Gasteiger charge is 2.20. The third-order valence-electron chi connectivity index (χ3n) is 3.30. The molecule has 1 aromatic heterocycles. The third kappa shape index (κ3) is 4.44. The van der Waals surface area contributed by atoms with Crippen LogP contribution in [0.1, 0.15) is 24.6 Å². The fourth-order valence-corrected chi connectivity index (χ4v) is 3.07. The first-order valence-electron chi connectivity index (χ1n) is 6.67. The van der Waals surface area contributed by atoms with Crippen LogP contribution in [0.25, 0.3) is 0 Å². The zero-order chi connectivity index (χ0) is 13.7. The molecular formula is C14H20N2O2S. The first-order valence-corrected chi connectivity index (χ1v) is 7.55. The minimum atomic E-state index is -0.0512. The molecule has 0 atom stereocenters. The maximum atomic E-state index is 11.9. The van der Waals surface area contributed by atoms with Gasteiger partial charge in [0.05, 0.1) is 6.42 Å². The summed E-state index contributed by atoms with van der Waals surface area (Å²) in [5, 5.41) is 2.09. The van der Waals surface area contributed by atoms with Gasteiger partial charge in [0.1, 0.15) is 5.78 Å². The highest BCUT2D eigenvalue weighted by atomic mass is 32.1. The van der Waals surface area contributed by atoms with Gasteiger partial charge in [0, 0.05) is 37.6 Å². The van der Waals surface area contributed by atoms with Crippen molar-refractivity contribution in [1.82, 2.24) is 9.80 Å². The molecule has 1 saturated heterocycles. The molecule has 0 bridgehead atoms. The van der Waals surface area contributed by atoms with Crippen molar-refractivity contribution >= 4 is 23.0 Å². The van der Waals surface area contributed by atoms with Crippen LogP contribution in [0.15, 0.2) is 17.5 Å². The molecule has 0 aliphatic carbocycles. The lowest BCUT2D eigenvalue weighted by Gasteiger charge is -2.21. The van der Waals surface area contributed by atoms with Crippen molar-refractivity contribution in [3.63, 3.8) is 0 Å². The first-order chi connectivity index (χ1) is 9.15. The SMILES string of the molecule is CC(=O)CC(=O)N1CCCN(Cc2cccs2)CC1. The summed E-state index contributed by atoms with van der Waals surface area (Å²) in [6.07, 6.45) is 1.03. The molecule has 19 heavy (non-hydrogen) atoms. The van der Waals surface area contributed by atoms with Gasteiger partial charge in [-0.05, 0) is 24.8 Å². The van der Waals surface area contributed by atoms with Crippen molar-refractivity contribution in [3.8, 4) is 0 Å². The van der Waals surface area contributed by atoms with Gasteiger partial charge in [0.2, 0.25) is 5.91 Å². The Balaban J connectivity index is 1.84. The van der Waals surface area contributed by atoms with E-state index in [0.717, 1.165) is 39.1 Å². The number of rotatable bonds is 4. The quantitative estimate of drug-likeness (QED) is 0.789. The summed E-state index contributed by atoms with van der Waals surface area (Å²) in [5.41, 5.74) is 0. The standard InChI is InChI=1S/C14H20N2O2S/c1-12(17)10-14(18)16-6-3-5-15(7-8-16)11-13-4-2-9-19-13/h2,4,9H,3,5-8,10-11H2,1H3. The Labute approximate surface area is 118 Å². The van der Waals surface area contributed by atoms with E-state index in [1.165, 1.54) is 11.8 Å². The Kier molecular flexibility index (Phi) is 5.10. The van der Waals surface area contributed by atoms with Crippen LogP contribution in [0.2, 0.25) is 0 Å². The lowest BCUT2D eigenvalue weighted by Crippen LogP contribution is -2.35. The number of hydrogen-bond donors (Lipinski definition) is 0. The predicted molar refractivity (Wildman–Crippen MR) is 76.1 cm³/mol. The summed E-state index contributed by atoms with van der Waals surface area (Å²) in [4.78, 5) is 28.5. The molecule has 0 unspecified atom stereocenters. The number of nitrogens with zero attached hydrogens (tertiary/aromatic N) is 2. The van der Waals surface area contributed by atoms with E-state index in [9.17, 15) is 9.59 Å². The number of carbonyl (C=O) groups is 2. The molecule has 0 N–H and O–H groups in total. The molecule has 1 aromatic rings. The predicted octanol–water partition coefficient (Wildman–Crippen LogP) is 1.76. The number of carbonyl (C=O) groups excluding carboxylic acids is 2. The van der Waals surface area contributed by atoms with E-state index in [2.05, 4.69) is 22.4 Å². The fourth-order valence-electron chi connectivity index (χ4n) is 2.33.